The number of aryl methyl sites for hydroxylation is 1. The monoisotopic (exact) mass is 222 g/mol. The zero-order valence-corrected chi connectivity index (χ0v) is 10.5. The van der Waals surface area contributed by atoms with Gasteiger partial charge in [0.15, 0.2) is 0 Å². The van der Waals surface area contributed by atoms with Crippen molar-refractivity contribution in [2.45, 2.75) is 39.7 Å². The van der Waals surface area contributed by atoms with E-state index in [4.69, 9.17) is 0 Å². The number of pyridine rings is 1. The van der Waals surface area contributed by atoms with Crippen molar-refractivity contribution in [2.24, 2.45) is 0 Å². The van der Waals surface area contributed by atoms with Crippen LogP contribution in [0.4, 0.5) is 0 Å². The van der Waals surface area contributed by atoms with E-state index in [1.165, 1.54) is 19.3 Å². The fraction of sp³-hybridized carbons (Fsp3) is 0.615. The van der Waals surface area contributed by atoms with E-state index in [1.54, 1.807) is 6.07 Å². The largest absolute Gasteiger partial charge is 0.506 e. The smallest absolute Gasteiger partial charge is 0.138 e. The normalized spacial score (nSPS) is 11.0. The molecule has 1 aromatic heterocycles. The Kier molecular flexibility index (Phi) is 5.26. The quantitative estimate of drug-likeness (QED) is 0.752. The zero-order chi connectivity index (χ0) is 12.0. The Bertz CT molecular complexity index is 326. The Morgan fingerprint density at radius 3 is 2.75 bits per heavy atom. The van der Waals surface area contributed by atoms with Crippen LogP contribution in [0.1, 0.15) is 37.6 Å². The molecule has 1 N–H and O–H groups in total. The molecule has 0 aromatic carbocycles. The Hall–Kier alpha value is -1.09. The lowest BCUT2D eigenvalue weighted by molar-refractivity contribution is 0.307. The van der Waals surface area contributed by atoms with Crippen LogP contribution in [0.15, 0.2) is 12.1 Å². The number of aromatic nitrogens is 1. The second-order valence-electron chi connectivity index (χ2n) is 4.36. The summed E-state index contributed by atoms with van der Waals surface area (Å²) >= 11 is 0. The molecule has 0 radical (unpaired) electrons. The Morgan fingerprint density at radius 1 is 1.31 bits per heavy atom. The van der Waals surface area contributed by atoms with E-state index in [2.05, 4.69) is 23.9 Å². The van der Waals surface area contributed by atoms with Crippen LogP contribution in [-0.2, 0) is 6.54 Å². The van der Waals surface area contributed by atoms with Crippen LogP contribution in [0.5, 0.6) is 5.75 Å². The van der Waals surface area contributed by atoms with Gasteiger partial charge in [-0.05, 0) is 39.1 Å². The van der Waals surface area contributed by atoms with Crippen LogP contribution >= 0.6 is 0 Å². The summed E-state index contributed by atoms with van der Waals surface area (Å²) in [7, 11) is 2.07. The van der Waals surface area contributed by atoms with Crippen LogP contribution < -0.4 is 0 Å². The number of rotatable bonds is 6. The van der Waals surface area contributed by atoms with Gasteiger partial charge in [-0.2, -0.15) is 0 Å². The van der Waals surface area contributed by atoms with Gasteiger partial charge < -0.3 is 10.0 Å². The van der Waals surface area contributed by atoms with Gasteiger partial charge in [-0.1, -0.05) is 19.8 Å². The van der Waals surface area contributed by atoms with Crippen molar-refractivity contribution in [3.8, 4) is 5.75 Å². The fourth-order valence-electron chi connectivity index (χ4n) is 1.69. The van der Waals surface area contributed by atoms with E-state index in [1.807, 2.05) is 13.0 Å². The number of nitrogens with zero attached hydrogens (tertiary/aromatic N) is 2. The SMILES string of the molecule is CCCCCN(C)Cc1nc(C)ccc1O. The maximum atomic E-state index is 9.67. The third-order valence-corrected chi connectivity index (χ3v) is 2.65. The van der Waals surface area contributed by atoms with Crippen LogP contribution in [0.25, 0.3) is 0 Å². The van der Waals surface area contributed by atoms with Gasteiger partial charge in [0.05, 0.1) is 5.69 Å². The molecular weight excluding hydrogens is 200 g/mol. The number of unbranched alkanes of at least 4 members (excludes halogenated alkanes) is 2. The first kappa shape index (κ1) is 13.0. The van der Waals surface area contributed by atoms with Gasteiger partial charge in [-0.25, -0.2) is 0 Å². The number of hydrogen-bond donors (Lipinski definition) is 1. The Labute approximate surface area is 98.1 Å². The minimum Gasteiger partial charge on any atom is -0.506 e. The topological polar surface area (TPSA) is 36.4 Å². The maximum Gasteiger partial charge on any atom is 0.138 e. The molecule has 1 heterocycles. The van der Waals surface area contributed by atoms with Gasteiger partial charge in [-0.3, -0.25) is 4.98 Å². The van der Waals surface area contributed by atoms with Crippen LogP contribution in [0.3, 0.4) is 0 Å². The first-order chi connectivity index (χ1) is 7.63. The van der Waals surface area contributed by atoms with Crippen molar-refractivity contribution in [1.29, 1.82) is 0 Å². The molecule has 0 aliphatic heterocycles. The van der Waals surface area contributed by atoms with Crippen molar-refractivity contribution in [3.05, 3.63) is 23.5 Å². The predicted octanol–water partition coefficient (Wildman–Crippen LogP) is 2.72. The zero-order valence-electron chi connectivity index (χ0n) is 10.5. The molecule has 16 heavy (non-hydrogen) atoms. The van der Waals surface area contributed by atoms with E-state index < -0.39 is 0 Å². The standard InChI is InChI=1S/C13H22N2O/c1-4-5-6-9-15(3)10-12-13(16)8-7-11(2)14-12/h7-8,16H,4-6,9-10H2,1-3H3. The highest BCUT2D eigenvalue weighted by atomic mass is 16.3. The van der Waals surface area contributed by atoms with Gasteiger partial charge in [0.1, 0.15) is 5.75 Å². The highest BCUT2D eigenvalue weighted by Crippen LogP contribution is 2.16. The molecule has 0 saturated carbocycles. The summed E-state index contributed by atoms with van der Waals surface area (Å²) in [5.74, 6) is 0.299. The molecule has 0 spiro atoms. The Balaban J connectivity index is 2.48. The van der Waals surface area contributed by atoms with Crippen molar-refractivity contribution in [2.75, 3.05) is 13.6 Å². The van der Waals surface area contributed by atoms with Crippen LogP contribution in [-0.4, -0.2) is 28.6 Å². The van der Waals surface area contributed by atoms with Gasteiger partial charge in [0.2, 0.25) is 0 Å². The molecule has 3 heteroatoms. The average Bonchev–Trinajstić information content (AvgIpc) is 2.24. The predicted molar refractivity (Wildman–Crippen MR) is 66.5 cm³/mol. The van der Waals surface area contributed by atoms with E-state index in [0.29, 0.717) is 5.75 Å². The molecule has 0 bridgehead atoms. The molecular formula is C13H22N2O. The van der Waals surface area contributed by atoms with Crippen molar-refractivity contribution in [3.63, 3.8) is 0 Å². The molecule has 1 aromatic rings. The lowest BCUT2D eigenvalue weighted by atomic mass is 10.2. The van der Waals surface area contributed by atoms with Crippen molar-refractivity contribution < 1.29 is 5.11 Å². The molecule has 90 valence electrons. The average molecular weight is 222 g/mol. The summed E-state index contributed by atoms with van der Waals surface area (Å²) in [6, 6.07) is 3.55. The summed E-state index contributed by atoms with van der Waals surface area (Å²) in [4.78, 5) is 6.55. The van der Waals surface area contributed by atoms with Gasteiger partial charge >= 0.3 is 0 Å². The minimum atomic E-state index is 0.299. The van der Waals surface area contributed by atoms with Gasteiger partial charge in [-0.15, -0.1) is 0 Å². The molecule has 0 saturated heterocycles. The number of hydrogen-bond acceptors (Lipinski definition) is 3. The third kappa shape index (κ3) is 4.19. The molecule has 0 aliphatic rings. The first-order valence-corrected chi connectivity index (χ1v) is 5.97. The highest BCUT2D eigenvalue weighted by molar-refractivity contribution is 5.27. The van der Waals surface area contributed by atoms with E-state index >= 15 is 0 Å². The van der Waals surface area contributed by atoms with E-state index in [9.17, 15) is 5.11 Å². The summed E-state index contributed by atoms with van der Waals surface area (Å²) < 4.78 is 0. The molecule has 0 aliphatic carbocycles. The molecule has 1 rings (SSSR count). The van der Waals surface area contributed by atoms with Crippen molar-refractivity contribution >= 4 is 0 Å². The molecule has 3 nitrogen and oxygen atoms in total. The second-order valence-corrected chi connectivity index (χ2v) is 4.36. The fourth-order valence-corrected chi connectivity index (χ4v) is 1.69. The van der Waals surface area contributed by atoms with Crippen LogP contribution in [0.2, 0.25) is 0 Å². The number of aromatic hydroxyl groups is 1. The third-order valence-electron chi connectivity index (χ3n) is 2.65. The molecule has 0 fully saturated rings. The summed E-state index contributed by atoms with van der Waals surface area (Å²) in [6.45, 7) is 5.92. The summed E-state index contributed by atoms with van der Waals surface area (Å²) in [6.07, 6.45) is 3.71. The van der Waals surface area contributed by atoms with Gasteiger partial charge in [0.25, 0.3) is 0 Å². The Morgan fingerprint density at radius 2 is 2.06 bits per heavy atom. The van der Waals surface area contributed by atoms with Crippen LogP contribution in [0, 0.1) is 6.92 Å². The van der Waals surface area contributed by atoms with E-state index in [0.717, 1.165) is 24.5 Å². The van der Waals surface area contributed by atoms with Crippen molar-refractivity contribution in [1.82, 2.24) is 9.88 Å². The second kappa shape index (κ2) is 6.48. The molecule has 0 unspecified atom stereocenters. The molecule has 0 amide bonds. The molecule has 0 atom stereocenters. The highest BCUT2D eigenvalue weighted by Gasteiger charge is 2.06. The summed E-state index contributed by atoms with van der Waals surface area (Å²) in [5.41, 5.74) is 1.73. The maximum absolute atomic E-state index is 9.67. The van der Waals surface area contributed by atoms with E-state index in [-0.39, 0.29) is 0 Å². The lowest BCUT2D eigenvalue weighted by Crippen LogP contribution is -2.20. The van der Waals surface area contributed by atoms with Gasteiger partial charge in [0, 0.05) is 12.2 Å². The first-order valence-electron chi connectivity index (χ1n) is 5.97. The lowest BCUT2D eigenvalue weighted by Gasteiger charge is -2.16. The minimum absolute atomic E-state index is 0.299. The summed E-state index contributed by atoms with van der Waals surface area (Å²) in [5, 5.41) is 9.67.